The summed E-state index contributed by atoms with van der Waals surface area (Å²) in [4.78, 5) is 2.18. The third kappa shape index (κ3) is 1.89. The van der Waals surface area contributed by atoms with Crippen LogP contribution in [0, 0.1) is 6.92 Å². The predicted molar refractivity (Wildman–Crippen MR) is 70.4 cm³/mol. The molecule has 1 aromatic carbocycles. The average molecular weight is 249 g/mol. The summed E-state index contributed by atoms with van der Waals surface area (Å²) in [7, 11) is 0. The van der Waals surface area contributed by atoms with Crippen LogP contribution in [0.5, 0.6) is 11.5 Å². The fourth-order valence-electron chi connectivity index (χ4n) is 2.51. The molecule has 0 spiro atoms. The first-order chi connectivity index (χ1) is 8.77. The van der Waals surface area contributed by atoms with E-state index in [-0.39, 0.29) is 6.17 Å². The Morgan fingerprint density at radius 2 is 2.06 bits per heavy atom. The second-order valence-electron chi connectivity index (χ2n) is 4.72. The van der Waals surface area contributed by atoms with Crippen LogP contribution in [-0.4, -0.2) is 39.0 Å². The Hall–Kier alpha value is -1.46. The number of hydrogen-bond acceptors (Lipinski definition) is 5. The van der Waals surface area contributed by atoms with E-state index in [0.717, 1.165) is 42.4 Å². The van der Waals surface area contributed by atoms with E-state index in [0.29, 0.717) is 13.2 Å². The lowest BCUT2D eigenvalue weighted by molar-refractivity contribution is 0.170. The summed E-state index contributed by atoms with van der Waals surface area (Å²) in [5.74, 6) is 1.71. The van der Waals surface area contributed by atoms with Crippen LogP contribution in [0.4, 0.5) is 5.69 Å². The Kier molecular flexibility index (Phi) is 3.01. The minimum Gasteiger partial charge on any atom is -0.486 e. The maximum Gasteiger partial charge on any atom is 0.184 e. The molecule has 0 aromatic heterocycles. The molecular weight excluding hydrogens is 230 g/mol. The van der Waals surface area contributed by atoms with E-state index in [2.05, 4.69) is 22.3 Å². The molecule has 0 bridgehead atoms. The largest absolute Gasteiger partial charge is 0.486 e. The van der Waals surface area contributed by atoms with Gasteiger partial charge in [-0.25, -0.2) is 0 Å². The van der Waals surface area contributed by atoms with Gasteiger partial charge in [-0.05, 0) is 18.6 Å². The number of fused-ring (bicyclic) bond motifs is 1. The van der Waals surface area contributed by atoms with Crippen LogP contribution >= 0.6 is 0 Å². The molecule has 5 nitrogen and oxygen atoms in total. The normalized spacial score (nSPS) is 23.0. The molecule has 2 heterocycles. The molecule has 2 aliphatic rings. The van der Waals surface area contributed by atoms with Gasteiger partial charge in [-0.2, -0.15) is 0 Å². The monoisotopic (exact) mass is 249 g/mol. The summed E-state index contributed by atoms with van der Waals surface area (Å²) in [5, 5.41) is 3.29. The van der Waals surface area contributed by atoms with Crippen molar-refractivity contribution in [2.24, 2.45) is 5.73 Å². The highest BCUT2D eigenvalue weighted by atomic mass is 16.6. The van der Waals surface area contributed by atoms with E-state index in [1.54, 1.807) is 0 Å². The molecule has 1 saturated heterocycles. The van der Waals surface area contributed by atoms with Crippen molar-refractivity contribution >= 4 is 5.69 Å². The molecule has 0 amide bonds. The number of nitrogens with one attached hydrogen (secondary N) is 1. The topological polar surface area (TPSA) is 59.8 Å². The average Bonchev–Trinajstić information content (AvgIpc) is 2.41. The van der Waals surface area contributed by atoms with E-state index in [4.69, 9.17) is 15.2 Å². The molecule has 1 unspecified atom stereocenters. The van der Waals surface area contributed by atoms with Crippen molar-refractivity contribution in [2.75, 3.05) is 37.7 Å². The lowest BCUT2D eigenvalue weighted by Gasteiger charge is -2.37. The molecule has 3 rings (SSSR count). The summed E-state index contributed by atoms with van der Waals surface area (Å²) < 4.78 is 11.5. The van der Waals surface area contributed by atoms with E-state index in [1.807, 2.05) is 6.92 Å². The van der Waals surface area contributed by atoms with E-state index >= 15 is 0 Å². The highest BCUT2D eigenvalue weighted by Gasteiger charge is 2.26. The van der Waals surface area contributed by atoms with Gasteiger partial charge in [0, 0.05) is 19.6 Å². The van der Waals surface area contributed by atoms with E-state index in [1.165, 1.54) is 0 Å². The highest BCUT2D eigenvalue weighted by molar-refractivity contribution is 5.68. The molecule has 1 fully saturated rings. The fraction of sp³-hybridized carbons (Fsp3) is 0.538. The maximum atomic E-state index is 6.15. The minimum absolute atomic E-state index is 0.0175. The number of benzene rings is 1. The minimum atomic E-state index is -0.0175. The predicted octanol–water partition coefficient (Wildman–Crippen LogP) is 0.461. The van der Waals surface area contributed by atoms with Crippen LogP contribution in [0.1, 0.15) is 5.56 Å². The molecular formula is C13H19N3O2. The van der Waals surface area contributed by atoms with E-state index in [9.17, 15) is 0 Å². The van der Waals surface area contributed by atoms with Crippen LogP contribution in [0.25, 0.3) is 0 Å². The van der Waals surface area contributed by atoms with E-state index < -0.39 is 0 Å². The zero-order valence-electron chi connectivity index (χ0n) is 10.6. The fourth-order valence-corrected chi connectivity index (χ4v) is 2.51. The van der Waals surface area contributed by atoms with Crippen LogP contribution in [0.15, 0.2) is 12.1 Å². The zero-order chi connectivity index (χ0) is 12.5. The van der Waals surface area contributed by atoms with Crippen molar-refractivity contribution < 1.29 is 9.47 Å². The number of ether oxygens (including phenoxy) is 2. The third-order valence-corrected chi connectivity index (χ3v) is 3.46. The second kappa shape index (κ2) is 4.66. The summed E-state index contributed by atoms with van der Waals surface area (Å²) in [5.41, 5.74) is 8.30. The number of piperazine rings is 1. The van der Waals surface area contributed by atoms with Crippen LogP contribution in [0.2, 0.25) is 0 Å². The van der Waals surface area contributed by atoms with Gasteiger partial charge < -0.3 is 25.4 Å². The third-order valence-electron chi connectivity index (χ3n) is 3.46. The van der Waals surface area contributed by atoms with Gasteiger partial charge in [-0.1, -0.05) is 6.07 Å². The van der Waals surface area contributed by atoms with Gasteiger partial charge >= 0.3 is 0 Å². The quantitative estimate of drug-likeness (QED) is 0.757. The van der Waals surface area contributed by atoms with Crippen LogP contribution in [-0.2, 0) is 0 Å². The Labute approximate surface area is 107 Å². The molecule has 18 heavy (non-hydrogen) atoms. The van der Waals surface area contributed by atoms with Crippen molar-refractivity contribution in [1.29, 1.82) is 0 Å². The smallest absolute Gasteiger partial charge is 0.184 e. The van der Waals surface area contributed by atoms with Gasteiger partial charge in [-0.3, -0.25) is 0 Å². The number of nitrogens with zero attached hydrogens (tertiary/aromatic N) is 1. The first kappa shape index (κ1) is 11.6. The van der Waals surface area contributed by atoms with Gasteiger partial charge in [0.1, 0.15) is 13.2 Å². The molecule has 5 heteroatoms. The highest BCUT2D eigenvalue weighted by Crippen LogP contribution is 2.42. The number of hydrogen-bond donors (Lipinski definition) is 2. The van der Waals surface area contributed by atoms with Gasteiger partial charge in [0.05, 0.1) is 11.9 Å². The van der Waals surface area contributed by atoms with Gasteiger partial charge in [0.15, 0.2) is 11.5 Å². The Morgan fingerprint density at radius 1 is 1.28 bits per heavy atom. The summed E-state index contributed by atoms with van der Waals surface area (Å²) in [6, 6.07) is 4.14. The molecule has 98 valence electrons. The van der Waals surface area contributed by atoms with Crippen molar-refractivity contribution in [3.8, 4) is 11.5 Å². The van der Waals surface area contributed by atoms with Gasteiger partial charge in [0.2, 0.25) is 0 Å². The number of anilines is 1. The molecule has 0 radical (unpaired) electrons. The van der Waals surface area contributed by atoms with Gasteiger partial charge in [-0.15, -0.1) is 0 Å². The summed E-state index contributed by atoms with van der Waals surface area (Å²) >= 11 is 0. The number of nitrogens with two attached hydrogens (primary N) is 1. The molecule has 2 aliphatic heterocycles. The molecule has 1 atom stereocenters. The van der Waals surface area contributed by atoms with Crippen LogP contribution in [0.3, 0.4) is 0 Å². The molecule has 1 aromatic rings. The van der Waals surface area contributed by atoms with Crippen molar-refractivity contribution in [2.45, 2.75) is 13.1 Å². The van der Waals surface area contributed by atoms with Crippen LogP contribution < -0.4 is 25.4 Å². The first-order valence-electron chi connectivity index (χ1n) is 6.39. The number of rotatable bonds is 1. The molecule has 0 aliphatic carbocycles. The van der Waals surface area contributed by atoms with Crippen molar-refractivity contribution in [3.63, 3.8) is 0 Å². The lowest BCUT2D eigenvalue weighted by Crippen LogP contribution is -2.56. The van der Waals surface area contributed by atoms with Crippen molar-refractivity contribution in [1.82, 2.24) is 5.32 Å². The lowest BCUT2D eigenvalue weighted by atomic mass is 10.1. The molecule has 3 N–H and O–H groups in total. The number of aryl methyl sites for hydroxylation is 1. The Balaban J connectivity index is 2.01. The van der Waals surface area contributed by atoms with Crippen molar-refractivity contribution in [3.05, 3.63) is 17.7 Å². The summed E-state index contributed by atoms with van der Waals surface area (Å²) in [6.07, 6.45) is -0.0175. The Morgan fingerprint density at radius 3 is 2.83 bits per heavy atom. The summed E-state index contributed by atoms with van der Waals surface area (Å²) in [6.45, 7) is 5.88. The standard InChI is InChI=1S/C13H19N3O2/c1-9-2-3-10(13-12(9)17-6-7-18-13)16-5-4-15-8-11(16)14/h2-3,11,15H,4-8,14H2,1H3. The molecule has 0 saturated carbocycles. The maximum absolute atomic E-state index is 6.15. The van der Waals surface area contributed by atoms with Gasteiger partial charge in [0.25, 0.3) is 0 Å². The first-order valence-corrected chi connectivity index (χ1v) is 6.39. The Bertz CT molecular complexity index is 450. The zero-order valence-corrected chi connectivity index (χ0v) is 10.6. The second-order valence-corrected chi connectivity index (χ2v) is 4.72. The SMILES string of the molecule is Cc1ccc(N2CCNCC2N)c2c1OCCO2.